The molecule has 0 aromatic heterocycles. The Kier molecular flexibility index (Phi) is 8.20. The molecule has 0 heterocycles. The van der Waals surface area contributed by atoms with Gasteiger partial charge in [-0.1, -0.05) is 76.6 Å². The van der Waals surface area contributed by atoms with Gasteiger partial charge in [0.05, 0.1) is 4.24 Å². The van der Waals surface area contributed by atoms with Crippen molar-refractivity contribution in [3.8, 4) is 0 Å². The minimum absolute atomic E-state index is 0.231. The molecule has 2 amide bonds. The van der Waals surface area contributed by atoms with Crippen molar-refractivity contribution in [1.82, 2.24) is 10.6 Å². The van der Waals surface area contributed by atoms with E-state index in [1.807, 2.05) is 81.4 Å². The Balaban J connectivity index is 2.01. The molecule has 0 saturated heterocycles. The fourth-order valence-electron chi connectivity index (χ4n) is 2.77. The van der Waals surface area contributed by atoms with Crippen LogP contribution in [0.2, 0.25) is 0 Å². The van der Waals surface area contributed by atoms with Crippen molar-refractivity contribution in [2.75, 3.05) is 7.05 Å². The quantitative estimate of drug-likeness (QED) is 0.342. The van der Waals surface area contributed by atoms with Crippen molar-refractivity contribution in [2.45, 2.75) is 30.6 Å². The number of aryl methyl sites for hydroxylation is 3. The lowest BCUT2D eigenvalue weighted by atomic mass is 10.1. The van der Waals surface area contributed by atoms with Gasteiger partial charge in [-0.2, -0.15) is 0 Å². The highest BCUT2D eigenvalue weighted by atomic mass is 32.2. The molecule has 32 heavy (non-hydrogen) atoms. The van der Waals surface area contributed by atoms with Crippen molar-refractivity contribution in [2.24, 2.45) is 0 Å². The third-order valence-electron chi connectivity index (χ3n) is 4.67. The van der Waals surface area contributed by atoms with Crippen LogP contribution in [0, 0.1) is 20.8 Å². The first-order chi connectivity index (χ1) is 15.4. The topological polar surface area (TPSA) is 58.2 Å². The van der Waals surface area contributed by atoms with Gasteiger partial charge < -0.3 is 10.6 Å². The highest BCUT2D eigenvalue weighted by Crippen LogP contribution is 2.41. The van der Waals surface area contributed by atoms with E-state index >= 15 is 0 Å². The number of likely N-dealkylation sites (N-methyl/N-ethyl adjacent to an activating group) is 1. The molecule has 0 aliphatic carbocycles. The maximum absolute atomic E-state index is 12.9. The number of amides is 2. The molecule has 0 spiro atoms. The summed E-state index contributed by atoms with van der Waals surface area (Å²) >= 11 is 2.91. The summed E-state index contributed by atoms with van der Waals surface area (Å²) in [7, 11) is 1.56. The average Bonchev–Trinajstić information content (AvgIpc) is 2.79. The molecular formula is C26H26N2O2S2. The minimum atomic E-state index is -0.348. The number of benzene rings is 3. The van der Waals surface area contributed by atoms with E-state index in [0.29, 0.717) is 9.80 Å². The molecule has 0 bridgehead atoms. The second-order valence-electron chi connectivity index (χ2n) is 7.39. The summed E-state index contributed by atoms with van der Waals surface area (Å²) in [5.41, 5.74) is 4.11. The molecule has 3 rings (SSSR count). The summed E-state index contributed by atoms with van der Waals surface area (Å²) < 4.78 is 0.692. The van der Waals surface area contributed by atoms with Gasteiger partial charge in [0.2, 0.25) is 0 Å². The Labute approximate surface area is 197 Å². The number of hydrogen-bond acceptors (Lipinski definition) is 4. The fraction of sp³-hybridized carbons (Fsp3) is 0.154. The van der Waals surface area contributed by atoms with E-state index in [4.69, 9.17) is 0 Å². The SMILES string of the molecule is CNC(=O)C(NC(=O)c1ccc(C)cc1)=C(Sc1ccc(C)cc1)Sc1ccc(C)cc1. The lowest BCUT2D eigenvalue weighted by Gasteiger charge is -2.15. The van der Waals surface area contributed by atoms with Crippen LogP contribution >= 0.6 is 23.5 Å². The lowest BCUT2D eigenvalue weighted by Crippen LogP contribution is -2.33. The summed E-state index contributed by atoms with van der Waals surface area (Å²) in [5, 5.41) is 5.52. The molecular weight excluding hydrogens is 436 g/mol. The highest BCUT2D eigenvalue weighted by Gasteiger charge is 2.20. The first-order valence-corrected chi connectivity index (χ1v) is 11.8. The average molecular weight is 463 g/mol. The van der Waals surface area contributed by atoms with Crippen LogP contribution in [0.3, 0.4) is 0 Å². The first-order valence-electron chi connectivity index (χ1n) is 10.2. The molecule has 0 radical (unpaired) electrons. The van der Waals surface area contributed by atoms with Gasteiger partial charge >= 0.3 is 0 Å². The van der Waals surface area contributed by atoms with Crippen molar-refractivity contribution in [3.63, 3.8) is 0 Å². The molecule has 6 heteroatoms. The van der Waals surface area contributed by atoms with Gasteiger partial charge in [0.25, 0.3) is 11.8 Å². The molecule has 4 nitrogen and oxygen atoms in total. The second kappa shape index (κ2) is 11.1. The molecule has 0 fully saturated rings. The van der Waals surface area contributed by atoms with E-state index < -0.39 is 0 Å². The van der Waals surface area contributed by atoms with Crippen LogP contribution < -0.4 is 10.6 Å². The van der Waals surface area contributed by atoms with E-state index in [1.54, 1.807) is 19.2 Å². The molecule has 0 saturated carbocycles. The van der Waals surface area contributed by atoms with Gasteiger partial charge in [0.1, 0.15) is 5.70 Å². The Morgan fingerprint density at radius 1 is 0.656 bits per heavy atom. The molecule has 2 N–H and O–H groups in total. The lowest BCUT2D eigenvalue weighted by molar-refractivity contribution is -0.117. The fourth-order valence-corrected chi connectivity index (χ4v) is 4.97. The first kappa shape index (κ1) is 23.7. The van der Waals surface area contributed by atoms with E-state index in [9.17, 15) is 9.59 Å². The molecule has 164 valence electrons. The zero-order valence-corrected chi connectivity index (χ0v) is 20.2. The summed E-state index contributed by atoms with van der Waals surface area (Å²) in [6.07, 6.45) is 0. The number of carbonyl (C=O) groups is 2. The largest absolute Gasteiger partial charge is 0.354 e. The highest BCUT2D eigenvalue weighted by molar-refractivity contribution is 8.22. The normalized spacial score (nSPS) is 10.4. The summed E-state index contributed by atoms with van der Waals surface area (Å²) in [6, 6.07) is 23.4. The van der Waals surface area contributed by atoms with Crippen LogP contribution in [-0.2, 0) is 4.79 Å². The van der Waals surface area contributed by atoms with Crippen LogP contribution in [0.15, 0.2) is 92.5 Å². The standard InChI is InChI=1S/C26H26N2O2S2/c1-17-5-11-20(12-6-17)24(29)28-23(25(30)27-4)26(31-21-13-7-18(2)8-14-21)32-22-15-9-19(3)10-16-22/h5-16H,1-4H3,(H,27,30)(H,28,29). The number of nitrogens with one attached hydrogen (secondary N) is 2. The predicted molar refractivity (Wildman–Crippen MR) is 134 cm³/mol. The number of thioether (sulfide) groups is 2. The second-order valence-corrected chi connectivity index (χ2v) is 9.82. The van der Waals surface area contributed by atoms with Crippen LogP contribution in [0.4, 0.5) is 0 Å². The summed E-state index contributed by atoms with van der Waals surface area (Å²) in [6.45, 7) is 6.03. The molecule has 0 atom stereocenters. The van der Waals surface area contributed by atoms with Gasteiger partial charge in [0.15, 0.2) is 0 Å². The number of hydrogen-bond donors (Lipinski definition) is 2. The number of carbonyl (C=O) groups excluding carboxylic acids is 2. The van der Waals surface area contributed by atoms with Crippen molar-refractivity contribution >= 4 is 35.3 Å². The van der Waals surface area contributed by atoms with Crippen LogP contribution in [0.25, 0.3) is 0 Å². The van der Waals surface area contributed by atoms with Crippen LogP contribution in [0.1, 0.15) is 27.0 Å². The Morgan fingerprint density at radius 3 is 1.47 bits per heavy atom. The zero-order chi connectivity index (χ0) is 23.1. The zero-order valence-electron chi connectivity index (χ0n) is 18.6. The molecule has 0 unspecified atom stereocenters. The van der Waals surface area contributed by atoms with Gasteiger partial charge in [-0.15, -0.1) is 0 Å². The minimum Gasteiger partial charge on any atom is -0.354 e. The maximum atomic E-state index is 12.9. The van der Waals surface area contributed by atoms with Crippen LogP contribution in [-0.4, -0.2) is 18.9 Å². The van der Waals surface area contributed by atoms with E-state index in [0.717, 1.165) is 26.5 Å². The van der Waals surface area contributed by atoms with E-state index in [1.165, 1.54) is 23.5 Å². The Bertz CT molecular complexity index is 1070. The van der Waals surface area contributed by atoms with Gasteiger partial charge in [-0.3, -0.25) is 9.59 Å². The summed E-state index contributed by atoms with van der Waals surface area (Å²) in [4.78, 5) is 27.8. The molecule has 3 aromatic carbocycles. The summed E-state index contributed by atoms with van der Waals surface area (Å²) in [5.74, 6) is -0.671. The van der Waals surface area contributed by atoms with Gasteiger partial charge in [0, 0.05) is 22.4 Å². The Hall–Kier alpha value is -2.96. The molecule has 0 aliphatic heterocycles. The van der Waals surface area contributed by atoms with Crippen molar-refractivity contribution < 1.29 is 9.59 Å². The predicted octanol–water partition coefficient (Wildman–Crippen LogP) is 5.84. The third kappa shape index (κ3) is 6.52. The Morgan fingerprint density at radius 2 is 1.06 bits per heavy atom. The van der Waals surface area contributed by atoms with Crippen molar-refractivity contribution in [3.05, 3.63) is 105 Å². The monoisotopic (exact) mass is 462 g/mol. The number of rotatable bonds is 7. The molecule has 0 aliphatic rings. The third-order valence-corrected chi connectivity index (χ3v) is 6.97. The van der Waals surface area contributed by atoms with Gasteiger partial charge in [-0.05, 0) is 57.2 Å². The van der Waals surface area contributed by atoms with Gasteiger partial charge in [-0.25, -0.2) is 0 Å². The maximum Gasteiger partial charge on any atom is 0.269 e. The molecule has 3 aromatic rings. The van der Waals surface area contributed by atoms with Crippen LogP contribution in [0.5, 0.6) is 0 Å². The smallest absolute Gasteiger partial charge is 0.269 e. The van der Waals surface area contributed by atoms with Crippen molar-refractivity contribution in [1.29, 1.82) is 0 Å². The van der Waals surface area contributed by atoms with E-state index in [2.05, 4.69) is 10.6 Å². The van der Waals surface area contributed by atoms with E-state index in [-0.39, 0.29) is 17.5 Å².